The van der Waals surface area contributed by atoms with Crippen molar-refractivity contribution in [2.24, 2.45) is 0 Å². The van der Waals surface area contributed by atoms with E-state index in [9.17, 15) is 9.90 Å². The molecule has 0 aromatic heterocycles. The minimum Gasteiger partial charge on any atom is -0.465 e. The number of piperidine rings is 1. The quantitative estimate of drug-likeness (QED) is 0.757. The molecule has 0 spiro atoms. The van der Waals surface area contributed by atoms with Crippen LogP contribution < -0.4 is 4.90 Å². The number of halogens is 2. The van der Waals surface area contributed by atoms with Crippen LogP contribution in [-0.4, -0.2) is 41.8 Å². The number of hydrogen-bond acceptors (Lipinski definition) is 2. The van der Waals surface area contributed by atoms with Crippen LogP contribution in [0.25, 0.3) is 11.1 Å². The van der Waals surface area contributed by atoms with Crippen molar-refractivity contribution in [3.05, 3.63) is 51.5 Å². The van der Waals surface area contributed by atoms with Gasteiger partial charge >= 0.3 is 6.09 Å². The summed E-state index contributed by atoms with van der Waals surface area (Å²) in [5, 5.41) is 10.5. The summed E-state index contributed by atoms with van der Waals surface area (Å²) < 4.78 is 0. The van der Waals surface area contributed by atoms with Crippen LogP contribution in [0.1, 0.15) is 23.5 Å². The minimum atomic E-state index is -0.818. The highest BCUT2D eigenvalue weighted by molar-refractivity contribution is 6.42. The molecule has 5 rings (SSSR count). The summed E-state index contributed by atoms with van der Waals surface area (Å²) >= 11 is 12.3. The molecule has 0 aliphatic carbocycles. The molecule has 134 valence electrons. The van der Waals surface area contributed by atoms with Crippen LogP contribution in [0.2, 0.25) is 10.0 Å². The van der Waals surface area contributed by atoms with Gasteiger partial charge in [-0.1, -0.05) is 29.3 Å². The van der Waals surface area contributed by atoms with Gasteiger partial charge in [0.1, 0.15) is 0 Å². The van der Waals surface area contributed by atoms with Gasteiger partial charge in [0.25, 0.3) is 0 Å². The first kappa shape index (κ1) is 16.3. The van der Waals surface area contributed by atoms with E-state index >= 15 is 0 Å². The van der Waals surface area contributed by atoms with Crippen molar-refractivity contribution < 1.29 is 9.90 Å². The first-order chi connectivity index (χ1) is 12.5. The third-order valence-electron chi connectivity index (χ3n) is 6.03. The maximum Gasteiger partial charge on any atom is 0.407 e. The summed E-state index contributed by atoms with van der Waals surface area (Å²) in [6, 6.07) is 10.6. The van der Waals surface area contributed by atoms with Gasteiger partial charge in [0.15, 0.2) is 0 Å². The molecule has 2 aromatic carbocycles. The van der Waals surface area contributed by atoms with E-state index in [1.807, 2.05) is 18.2 Å². The van der Waals surface area contributed by atoms with Crippen molar-refractivity contribution in [2.45, 2.75) is 24.8 Å². The Kier molecular flexibility index (Phi) is 3.63. The van der Waals surface area contributed by atoms with Crippen LogP contribution in [0.5, 0.6) is 0 Å². The molecule has 0 bridgehead atoms. The third-order valence-corrected chi connectivity index (χ3v) is 6.77. The van der Waals surface area contributed by atoms with E-state index in [0.29, 0.717) is 29.2 Å². The molecule has 4 nitrogen and oxygen atoms in total. The fraction of sp³-hybridized carbons (Fsp3) is 0.350. The van der Waals surface area contributed by atoms with Crippen molar-refractivity contribution in [3.63, 3.8) is 0 Å². The largest absolute Gasteiger partial charge is 0.465 e. The van der Waals surface area contributed by atoms with Crippen LogP contribution in [0.4, 0.5) is 10.5 Å². The normalized spacial score (nSPS) is 23.2. The lowest BCUT2D eigenvalue weighted by Gasteiger charge is -2.37. The second-order valence-corrected chi connectivity index (χ2v) is 8.15. The molecule has 3 aliphatic heterocycles. The van der Waals surface area contributed by atoms with E-state index in [0.717, 1.165) is 30.5 Å². The number of benzene rings is 2. The minimum absolute atomic E-state index is 0.247. The van der Waals surface area contributed by atoms with Crippen molar-refractivity contribution in [2.75, 3.05) is 24.5 Å². The Bertz CT molecular complexity index is 930. The molecule has 3 heterocycles. The molecule has 0 saturated carbocycles. The summed E-state index contributed by atoms with van der Waals surface area (Å²) in [5.41, 5.74) is 6.17. The molecule has 2 atom stereocenters. The van der Waals surface area contributed by atoms with Crippen molar-refractivity contribution in [3.8, 4) is 11.1 Å². The van der Waals surface area contributed by atoms with Crippen LogP contribution in [0, 0.1) is 0 Å². The third kappa shape index (κ3) is 2.32. The maximum atomic E-state index is 11.5. The highest BCUT2D eigenvalue weighted by Crippen LogP contribution is 2.50. The fourth-order valence-corrected chi connectivity index (χ4v) is 5.16. The van der Waals surface area contributed by atoms with Crippen molar-refractivity contribution in [1.82, 2.24) is 4.90 Å². The van der Waals surface area contributed by atoms with Gasteiger partial charge in [-0.3, -0.25) is 0 Å². The van der Waals surface area contributed by atoms with E-state index in [2.05, 4.69) is 17.0 Å². The lowest BCUT2D eigenvalue weighted by Crippen LogP contribution is -2.47. The first-order valence-corrected chi connectivity index (χ1v) is 9.65. The number of carbonyl (C=O) groups is 1. The van der Waals surface area contributed by atoms with Gasteiger partial charge in [0.2, 0.25) is 0 Å². The molecule has 0 unspecified atom stereocenters. The highest BCUT2D eigenvalue weighted by Gasteiger charge is 2.45. The molecule has 6 heteroatoms. The highest BCUT2D eigenvalue weighted by atomic mass is 35.5. The summed E-state index contributed by atoms with van der Waals surface area (Å²) in [7, 11) is 0. The Balaban J connectivity index is 1.60. The predicted octanol–water partition coefficient (Wildman–Crippen LogP) is 4.87. The molecule has 26 heavy (non-hydrogen) atoms. The van der Waals surface area contributed by atoms with Crippen molar-refractivity contribution in [1.29, 1.82) is 0 Å². The molecule has 1 fully saturated rings. The van der Waals surface area contributed by atoms with Crippen LogP contribution in [0.3, 0.4) is 0 Å². The Labute approximate surface area is 161 Å². The van der Waals surface area contributed by atoms with E-state index in [4.69, 9.17) is 23.2 Å². The zero-order chi connectivity index (χ0) is 18.0. The number of carboxylic acid groups (broad SMARTS) is 1. The average Bonchev–Trinajstić information content (AvgIpc) is 3.19. The van der Waals surface area contributed by atoms with Crippen LogP contribution in [0.15, 0.2) is 30.3 Å². The predicted molar refractivity (Wildman–Crippen MR) is 104 cm³/mol. The molecular formula is C20H18Cl2N2O2. The second-order valence-electron chi connectivity index (χ2n) is 7.34. The lowest BCUT2D eigenvalue weighted by molar-refractivity contribution is 0.127. The molecule has 2 aromatic rings. The topological polar surface area (TPSA) is 43.8 Å². The van der Waals surface area contributed by atoms with Crippen molar-refractivity contribution >= 4 is 35.0 Å². The van der Waals surface area contributed by atoms with Gasteiger partial charge in [-0.05, 0) is 59.4 Å². The zero-order valence-corrected chi connectivity index (χ0v) is 15.6. The fourth-order valence-electron chi connectivity index (χ4n) is 4.86. The maximum absolute atomic E-state index is 11.5. The average molecular weight is 389 g/mol. The van der Waals surface area contributed by atoms with Crippen LogP contribution in [-0.2, 0) is 6.42 Å². The van der Waals surface area contributed by atoms with Crippen LogP contribution >= 0.6 is 23.2 Å². The SMILES string of the molecule is O=C(O)N1CC[C@@H]2[C@H](C1)c1cc(-c3ccc(Cl)c(Cl)c3)cc3c1N2CC3. The molecule has 0 radical (unpaired) electrons. The number of fused-ring (bicyclic) bond motifs is 3. The number of likely N-dealkylation sites (tertiary alicyclic amines) is 1. The summed E-state index contributed by atoms with van der Waals surface area (Å²) in [5.74, 6) is 0.247. The van der Waals surface area contributed by atoms with Gasteiger partial charge < -0.3 is 14.9 Å². The summed E-state index contributed by atoms with van der Waals surface area (Å²) in [6.07, 6.45) is 1.12. The molecule has 1 saturated heterocycles. The second kappa shape index (κ2) is 5.80. The Morgan fingerprint density at radius 2 is 1.92 bits per heavy atom. The Morgan fingerprint density at radius 3 is 2.69 bits per heavy atom. The Morgan fingerprint density at radius 1 is 1.08 bits per heavy atom. The van der Waals surface area contributed by atoms with Gasteiger partial charge in [-0.15, -0.1) is 0 Å². The number of rotatable bonds is 1. The van der Waals surface area contributed by atoms with Gasteiger partial charge in [0, 0.05) is 37.3 Å². The standard InChI is InChI=1S/C20H18Cl2N2O2/c21-16-2-1-11(9-17(16)22)13-7-12-3-6-24-18-4-5-23(20(25)26)10-15(18)14(8-13)19(12)24/h1-2,7-9,15,18H,3-6,10H2,(H,25,26)/t15-,18-/m1/s1. The number of nitrogens with zero attached hydrogens (tertiary/aromatic N) is 2. The number of anilines is 1. The Hall–Kier alpha value is -1.91. The zero-order valence-electron chi connectivity index (χ0n) is 14.1. The van der Waals surface area contributed by atoms with Gasteiger partial charge in [-0.2, -0.15) is 0 Å². The summed E-state index contributed by atoms with van der Waals surface area (Å²) in [4.78, 5) is 15.5. The molecule has 1 amide bonds. The van der Waals surface area contributed by atoms with E-state index in [-0.39, 0.29) is 5.92 Å². The molecule has 1 N–H and O–H groups in total. The molecular weight excluding hydrogens is 371 g/mol. The van der Waals surface area contributed by atoms with Gasteiger partial charge in [0.05, 0.1) is 10.0 Å². The first-order valence-electron chi connectivity index (χ1n) is 8.89. The van der Waals surface area contributed by atoms with E-state index < -0.39 is 6.09 Å². The van der Waals surface area contributed by atoms with E-state index in [1.54, 1.807) is 4.90 Å². The molecule has 3 aliphatic rings. The van der Waals surface area contributed by atoms with Gasteiger partial charge in [-0.25, -0.2) is 4.79 Å². The smallest absolute Gasteiger partial charge is 0.407 e. The van der Waals surface area contributed by atoms with E-state index in [1.165, 1.54) is 16.8 Å². The summed E-state index contributed by atoms with van der Waals surface area (Å²) in [6.45, 7) is 2.23. The lowest BCUT2D eigenvalue weighted by atomic mass is 9.86. The number of amides is 1. The monoisotopic (exact) mass is 388 g/mol. The number of hydrogen-bond donors (Lipinski definition) is 1.